The third kappa shape index (κ3) is 2.69. The number of carbonyl (C=O) groups excluding carboxylic acids is 1. The van der Waals surface area contributed by atoms with Crippen LogP contribution in [0.2, 0.25) is 0 Å². The predicted octanol–water partition coefficient (Wildman–Crippen LogP) is 2.19. The Bertz CT molecular complexity index is 433. The molecule has 1 aromatic rings. The number of nitrogens with one attached hydrogen (secondary N) is 1. The van der Waals surface area contributed by atoms with Gasteiger partial charge in [0.15, 0.2) is 0 Å². The quantitative estimate of drug-likeness (QED) is 0.862. The fourth-order valence-corrected chi connectivity index (χ4v) is 2.41. The number of carbonyl (C=O) groups is 1. The number of hydrogen-bond acceptors (Lipinski definition) is 2. The standard InChI is InChI=1S/C13H17BrN2O/c1-9-3-4-11(7-12(9)14)13(17)16-6-5-15-8-10(16)2/h3-4,7,10,15H,5-6,8H2,1-2H3. The van der Waals surface area contributed by atoms with E-state index in [9.17, 15) is 4.79 Å². The van der Waals surface area contributed by atoms with Gasteiger partial charge in [-0.3, -0.25) is 4.79 Å². The smallest absolute Gasteiger partial charge is 0.254 e. The third-order valence-corrected chi connectivity index (χ3v) is 4.04. The Kier molecular flexibility index (Phi) is 3.84. The second kappa shape index (κ2) is 5.19. The van der Waals surface area contributed by atoms with Crippen LogP contribution >= 0.6 is 15.9 Å². The van der Waals surface area contributed by atoms with Gasteiger partial charge in [0.2, 0.25) is 0 Å². The molecule has 1 heterocycles. The molecular weight excluding hydrogens is 280 g/mol. The zero-order chi connectivity index (χ0) is 12.4. The van der Waals surface area contributed by atoms with Crippen LogP contribution in [0.3, 0.4) is 0 Å². The maximum absolute atomic E-state index is 12.4. The molecule has 0 saturated carbocycles. The Morgan fingerprint density at radius 3 is 2.94 bits per heavy atom. The number of aryl methyl sites for hydroxylation is 1. The number of hydrogen-bond donors (Lipinski definition) is 1. The largest absolute Gasteiger partial charge is 0.333 e. The van der Waals surface area contributed by atoms with E-state index in [1.807, 2.05) is 30.0 Å². The summed E-state index contributed by atoms with van der Waals surface area (Å²) in [4.78, 5) is 14.3. The first kappa shape index (κ1) is 12.6. The van der Waals surface area contributed by atoms with E-state index in [1.54, 1.807) is 0 Å². The van der Waals surface area contributed by atoms with E-state index < -0.39 is 0 Å². The van der Waals surface area contributed by atoms with Gasteiger partial charge in [0.05, 0.1) is 0 Å². The second-order valence-electron chi connectivity index (χ2n) is 4.52. The summed E-state index contributed by atoms with van der Waals surface area (Å²) in [6.07, 6.45) is 0. The zero-order valence-electron chi connectivity index (χ0n) is 10.2. The van der Waals surface area contributed by atoms with Crippen LogP contribution in [0.5, 0.6) is 0 Å². The summed E-state index contributed by atoms with van der Waals surface area (Å²) in [6.45, 7) is 6.63. The van der Waals surface area contributed by atoms with Crippen molar-refractivity contribution in [3.63, 3.8) is 0 Å². The molecule has 1 atom stereocenters. The Morgan fingerprint density at radius 1 is 1.53 bits per heavy atom. The van der Waals surface area contributed by atoms with Crippen molar-refractivity contribution in [3.05, 3.63) is 33.8 Å². The lowest BCUT2D eigenvalue weighted by Gasteiger charge is -2.34. The molecule has 1 amide bonds. The molecule has 1 saturated heterocycles. The second-order valence-corrected chi connectivity index (χ2v) is 5.37. The summed E-state index contributed by atoms with van der Waals surface area (Å²) in [6, 6.07) is 6.05. The Hall–Kier alpha value is -0.870. The number of piperazine rings is 1. The highest BCUT2D eigenvalue weighted by Crippen LogP contribution is 2.19. The van der Waals surface area contributed by atoms with Crippen molar-refractivity contribution in [2.24, 2.45) is 0 Å². The van der Waals surface area contributed by atoms with Gasteiger partial charge in [-0.15, -0.1) is 0 Å². The molecule has 0 aromatic heterocycles. The normalized spacial score (nSPS) is 20.4. The summed E-state index contributed by atoms with van der Waals surface area (Å²) < 4.78 is 0.992. The molecule has 1 unspecified atom stereocenters. The number of benzene rings is 1. The molecule has 0 radical (unpaired) electrons. The van der Waals surface area contributed by atoms with Crippen molar-refractivity contribution in [2.45, 2.75) is 19.9 Å². The van der Waals surface area contributed by atoms with Gasteiger partial charge in [-0.2, -0.15) is 0 Å². The fraction of sp³-hybridized carbons (Fsp3) is 0.462. The maximum Gasteiger partial charge on any atom is 0.254 e. The average Bonchev–Trinajstić information content (AvgIpc) is 2.32. The van der Waals surface area contributed by atoms with Crippen LogP contribution in [0.4, 0.5) is 0 Å². The number of halogens is 1. The number of amides is 1. The van der Waals surface area contributed by atoms with Crippen molar-refractivity contribution < 1.29 is 4.79 Å². The number of nitrogens with zero attached hydrogens (tertiary/aromatic N) is 1. The van der Waals surface area contributed by atoms with Crippen LogP contribution in [-0.4, -0.2) is 36.5 Å². The average molecular weight is 297 g/mol. The molecule has 17 heavy (non-hydrogen) atoms. The summed E-state index contributed by atoms with van der Waals surface area (Å²) >= 11 is 3.47. The zero-order valence-corrected chi connectivity index (χ0v) is 11.8. The van der Waals surface area contributed by atoms with Crippen molar-refractivity contribution in [2.75, 3.05) is 19.6 Å². The van der Waals surface area contributed by atoms with Crippen molar-refractivity contribution >= 4 is 21.8 Å². The third-order valence-electron chi connectivity index (χ3n) is 3.18. The van der Waals surface area contributed by atoms with Gasteiger partial charge in [0, 0.05) is 35.7 Å². The Morgan fingerprint density at radius 2 is 2.29 bits per heavy atom. The highest BCUT2D eigenvalue weighted by Gasteiger charge is 2.24. The van der Waals surface area contributed by atoms with Crippen molar-refractivity contribution in [3.8, 4) is 0 Å². The van der Waals surface area contributed by atoms with Gasteiger partial charge in [-0.1, -0.05) is 22.0 Å². The molecule has 1 N–H and O–H groups in total. The van der Waals surface area contributed by atoms with Crippen LogP contribution in [0.1, 0.15) is 22.8 Å². The van der Waals surface area contributed by atoms with E-state index in [0.717, 1.165) is 35.2 Å². The van der Waals surface area contributed by atoms with E-state index in [1.165, 1.54) is 0 Å². The maximum atomic E-state index is 12.4. The van der Waals surface area contributed by atoms with E-state index in [4.69, 9.17) is 0 Å². The van der Waals surface area contributed by atoms with E-state index in [2.05, 4.69) is 28.2 Å². The summed E-state index contributed by atoms with van der Waals surface area (Å²) in [7, 11) is 0. The fourth-order valence-electron chi connectivity index (χ4n) is 2.03. The molecule has 1 aliphatic heterocycles. The van der Waals surface area contributed by atoms with Gasteiger partial charge < -0.3 is 10.2 Å². The van der Waals surface area contributed by atoms with Gasteiger partial charge in [-0.25, -0.2) is 0 Å². The molecule has 2 rings (SSSR count). The van der Waals surface area contributed by atoms with E-state index >= 15 is 0 Å². The van der Waals surface area contributed by atoms with Crippen LogP contribution < -0.4 is 5.32 Å². The SMILES string of the molecule is Cc1ccc(C(=O)N2CCNCC2C)cc1Br. The van der Waals surface area contributed by atoms with Gasteiger partial charge >= 0.3 is 0 Å². The minimum Gasteiger partial charge on any atom is -0.333 e. The first-order valence-corrected chi connectivity index (χ1v) is 6.66. The van der Waals surface area contributed by atoms with Crippen LogP contribution in [-0.2, 0) is 0 Å². The molecule has 92 valence electrons. The van der Waals surface area contributed by atoms with Crippen molar-refractivity contribution in [1.29, 1.82) is 0 Å². The molecule has 4 heteroatoms. The van der Waals surface area contributed by atoms with Crippen LogP contribution in [0, 0.1) is 6.92 Å². The Balaban J connectivity index is 2.21. The van der Waals surface area contributed by atoms with E-state index in [-0.39, 0.29) is 11.9 Å². The topological polar surface area (TPSA) is 32.3 Å². The lowest BCUT2D eigenvalue weighted by molar-refractivity contribution is 0.0655. The highest BCUT2D eigenvalue weighted by atomic mass is 79.9. The lowest BCUT2D eigenvalue weighted by Crippen LogP contribution is -2.52. The first-order valence-electron chi connectivity index (χ1n) is 5.87. The minimum absolute atomic E-state index is 0.125. The predicted molar refractivity (Wildman–Crippen MR) is 72.2 cm³/mol. The van der Waals surface area contributed by atoms with Crippen molar-refractivity contribution in [1.82, 2.24) is 10.2 Å². The molecule has 1 aliphatic rings. The lowest BCUT2D eigenvalue weighted by atomic mass is 10.1. The molecule has 1 fully saturated rings. The first-order chi connectivity index (χ1) is 8.09. The minimum atomic E-state index is 0.125. The van der Waals surface area contributed by atoms with Gasteiger partial charge in [-0.05, 0) is 31.5 Å². The summed E-state index contributed by atoms with van der Waals surface area (Å²) in [5.41, 5.74) is 1.91. The highest BCUT2D eigenvalue weighted by molar-refractivity contribution is 9.10. The van der Waals surface area contributed by atoms with Crippen LogP contribution in [0.25, 0.3) is 0 Å². The monoisotopic (exact) mass is 296 g/mol. The molecule has 3 nitrogen and oxygen atoms in total. The van der Waals surface area contributed by atoms with E-state index in [0.29, 0.717) is 0 Å². The molecule has 1 aromatic carbocycles. The van der Waals surface area contributed by atoms with Gasteiger partial charge in [0.25, 0.3) is 5.91 Å². The summed E-state index contributed by atoms with van der Waals surface area (Å²) in [5, 5.41) is 3.29. The molecule has 0 aliphatic carbocycles. The van der Waals surface area contributed by atoms with Crippen LogP contribution in [0.15, 0.2) is 22.7 Å². The van der Waals surface area contributed by atoms with Gasteiger partial charge in [0.1, 0.15) is 0 Å². The summed E-state index contributed by atoms with van der Waals surface area (Å²) in [5.74, 6) is 0.125. The molecular formula is C13H17BrN2O. The molecule has 0 spiro atoms. The molecule has 0 bridgehead atoms. The number of rotatable bonds is 1. The Labute approximate surface area is 110 Å².